The Morgan fingerprint density at radius 1 is 1.30 bits per heavy atom. The predicted octanol–water partition coefficient (Wildman–Crippen LogP) is 2.90. The number of aliphatic imine (C=N–C) groups is 1. The molecule has 2 heterocycles. The molecule has 0 amide bonds. The molecule has 0 N–H and O–H groups in total. The average Bonchev–Trinajstić information content (AvgIpc) is 2.45. The van der Waals surface area contributed by atoms with E-state index in [1.807, 2.05) is 0 Å². The van der Waals surface area contributed by atoms with Gasteiger partial charge in [0.15, 0.2) is 5.75 Å². The number of ether oxygens (including phenoxy) is 1. The number of halogens is 3. The number of nitrogens with zero attached hydrogens (tertiary/aromatic N) is 4. The molecule has 0 aliphatic heterocycles. The van der Waals surface area contributed by atoms with Crippen LogP contribution in [0.2, 0.25) is 0 Å². The van der Waals surface area contributed by atoms with Crippen LogP contribution in [0.4, 0.5) is 19.0 Å². The molecule has 0 atom stereocenters. The lowest BCUT2D eigenvalue weighted by atomic mass is 10.1. The van der Waals surface area contributed by atoms with Crippen LogP contribution in [0.15, 0.2) is 29.5 Å². The molecule has 2 rings (SSSR count). The molecule has 0 radical (unpaired) electrons. The summed E-state index contributed by atoms with van der Waals surface area (Å²) in [6.45, 7) is 3.27. The third-order valence-electron chi connectivity index (χ3n) is 2.51. The Balaban J connectivity index is 2.60. The van der Waals surface area contributed by atoms with Crippen molar-refractivity contribution in [2.45, 2.75) is 6.18 Å². The first-order chi connectivity index (χ1) is 9.47. The Morgan fingerprint density at radius 3 is 2.65 bits per heavy atom. The summed E-state index contributed by atoms with van der Waals surface area (Å²) in [5, 5.41) is 7.37. The molecule has 0 unspecified atom stereocenters. The van der Waals surface area contributed by atoms with Crippen molar-refractivity contribution in [1.82, 2.24) is 15.2 Å². The van der Waals surface area contributed by atoms with Gasteiger partial charge in [-0.1, -0.05) is 0 Å². The van der Waals surface area contributed by atoms with E-state index in [1.54, 1.807) is 0 Å². The molecule has 0 fully saturated rings. The zero-order valence-electron chi connectivity index (χ0n) is 10.3. The quantitative estimate of drug-likeness (QED) is 0.812. The molecular formula is C12H9F3N4O. The molecular weight excluding hydrogens is 273 g/mol. The fraction of sp³-hybridized carbons (Fsp3) is 0.167. The van der Waals surface area contributed by atoms with Crippen molar-refractivity contribution >= 4 is 12.5 Å². The first-order valence-electron chi connectivity index (χ1n) is 5.37. The minimum Gasteiger partial charge on any atom is -0.493 e. The van der Waals surface area contributed by atoms with E-state index in [0.717, 1.165) is 18.5 Å². The monoisotopic (exact) mass is 282 g/mol. The van der Waals surface area contributed by atoms with E-state index in [4.69, 9.17) is 4.74 Å². The van der Waals surface area contributed by atoms with Crippen molar-refractivity contribution < 1.29 is 17.9 Å². The summed E-state index contributed by atoms with van der Waals surface area (Å²) in [7, 11) is 1.35. The normalized spacial score (nSPS) is 11.2. The number of hydrogen-bond donors (Lipinski definition) is 0. The van der Waals surface area contributed by atoms with Crippen LogP contribution in [-0.2, 0) is 6.18 Å². The van der Waals surface area contributed by atoms with Crippen LogP contribution >= 0.6 is 0 Å². The van der Waals surface area contributed by atoms with Gasteiger partial charge in [0, 0.05) is 24.0 Å². The third kappa shape index (κ3) is 2.58. The first kappa shape index (κ1) is 13.9. The summed E-state index contributed by atoms with van der Waals surface area (Å²) in [5.74, 6) is 0.288. The van der Waals surface area contributed by atoms with Crippen LogP contribution < -0.4 is 4.74 Å². The molecule has 0 aromatic carbocycles. The van der Waals surface area contributed by atoms with Crippen molar-refractivity contribution in [3.63, 3.8) is 0 Å². The Kier molecular flexibility index (Phi) is 3.64. The van der Waals surface area contributed by atoms with Crippen LogP contribution in [0.25, 0.3) is 11.3 Å². The lowest BCUT2D eigenvalue weighted by Gasteiger charge is -2.12. The molecule has 0 aliphatic rings. The molecule has 8 heteroatoms. The van der Waals surface area contributed by atoms with Crippen molar-refractivity contribution in [2.75, 3.05) is 7.11 Å². The number of alkyl halides is 3. The van der Waals surface area contributed by atoms with Gasteiger partial charge in [-0.05, 0) is 12.8 Å². The molecule has 2 aromatic heterocycles. The van der Waals surface area contributed by atoms with Crippen LogP contribution in [0.3, 0.4) is 0 Å². The van der Waals surface area contributed by atoms with Crippen molar-refractivity contribution in [3.05, 3.63) is 30.1 Å². The predicted molar refractivity (Wildman–Crippen MR) is 66.0 cm³/mol. The van der Waals surface area contributed by atoms with Crippen LogP contribution in [0.5, 0.6) is 5.75 Å². The maximum absolute atomic E-state index is 12.9. The summed E-state index contributed by atoms with van der Waals surface area (Å²) < 4.78 is 43.8. The summed E-state index contributed by atoms with van der Waals surface area (Å²) >= 11 is 0. The highest BCUT2D eigenvalue weighted by atomic mass is 19.4. The lowest BCUT2D eigenvalue weighted by molar-refractivity contribution is -0.137. The number of aromatic nitrogens is 3. The van der Waals surface area contributed by atoms with Gasteiger partial charge in [-0.15, -0.1) is 10.2 Å². The second-order valence-corrected chi connectivity index (χ2v) is 3.70. The fourth-order valence-electron chi connectivity index (χ4n) is 1.61. The molecule has 0 saturated heterocycles. The number of rotatable bonds is 3. The van der Waals surface area contributed by atoms with Gasteiger partial charge in [-0.2, -0.15) is 13.2 Å². The second-order valence-electron chi connectivity index (χ2n) is 3.70. The SMILES string of the molecule is C=Nc1nnc(-c2cnccc2C(F)(F)F)cc1OC. The fourth-order valence-corrected chi connectivity index (χ4v) is 1.61. The van der Waals surface area contributed by atoms with Crippen LogP contribution in [0.1, 0.15) is 5.56 Å². The largest absolute Gasteiger partial charge is 0.493 e. The molecule has 5 nitrogen and oxygen atoms in total. The van der Waals surface area contributed by atoms with Crippen LogP contribution in [-0.4, -0.2) is 29.0 Å². The van der Waals surface area contributed by atoms with E-state index in [0.29, 0.717) is 0 Å². The Morgan fingerprint density at radius 2 is 2.05 bits per heavy atom. The zero-order valence-corrected chi connectivity index (χ0v) is 10.3. The standard InChI is InChI=1S/C12H9F3N4O/c1-16-11-10(20-2)5-9(18-19-11)7-6-17-4-3-8(7)12(13,14)15/h3-6H,1H2,2H3. The summed E-state index contributed by atoms with van der Waals surface area (Å²) in [6.07, 6.45) is -2.37. The van der Waals surface area contributed by atoms with E-state index in [9.17, 15) is 13.2 Å². The summed E-state index contributed by atoms with van der Waals surface area (Å²) in [6, 6.07) is 2.19. The van der Waals surface area contributed by atoms with E-state index in [1.165, 1.54) is 13.2 Å². The van der Waals surface area contributed by atoms with E-state index >= 15 is 0 Å². The summed E-state index contributed by atoms with van der Waals surface area (Å²) in [4.78, 5) is 7.25. The number of methoxy groups -OCH3 is 1. The minimum absolute atomic E-state index is 0.00493. The third-order valence-corrected chi connectivity index (χ3v) is 2.51. The van der Waals surface area contributed by atoms with Gasteiger partial charge in [0.25, 0.3) is 0 Å². The van der Waals surface area contributed by atoms with Crippen molar-refractivity contribution in [3.8, 4) is 17.0 Å². The van der Waals surface area contributed by atoms with Gasteiger partial charge in [-0.3, -0.25) is 4.98 Å². The van der Waals surface area contributed by atoms with Gasteiger partial charge in [-0.25, -0.2) is 4.99 Å². The second kappa shape index (κ2) is 5.24. The van der Waals surface area contributed by atoms with Crippen molar-refractivity contribution in [2.24, 2.45) is 4.99 Å². The maximum atomic E-state index is 12.9. The van der Waals surface area contributed by atoms with E-state index in [-0.39, 0.29) is 22.8 Å². The van der Waals surface area contributed by atoms with Gasteiger partial charge in [0.05, 0.1) is 18.4 Å². The molecule has 0 aliphatic carbocycles. The van der Waals surface area contributed by atoms with Crippen molar-refractivity contribution in [1.29, 1.82) is 0 Å². The summed E-state index contributed by atoms with van der Waals surface area (Å²) in [5.41, 5.74) is -1.03. The maximum Gasteiger partial charge on any atom is 0.417 e. The van der Waals surface area contributed by atoms with Gasteiger partial charge in [0.2, 0.25) is 5.82 Å². The first-order valence-corrected chi connectivity index (χ1v) is 5.37. The highest BCUT2D eigenvalue weighted by Crippen LogP contribution is 2.37. The molecule has 104 valence electrons. The molecule has 0 spiro atoms. The topological polar surface area (TPSA) is 60.3 Å². The number of hydrogen-bond acceptors (Lipinski definition) is 5. The number of pyridine rings is 1. The van der Waals surface area contributed by atoms with Gasteiger partial charge < -0.3 is 4.74 Å². The van der Waals surface area contributed by atoms with E-state index in [2.05, 4.69) is 26.9 Å². The highest BCUT2D eigenvalue weighted by molar-refractivity contribution is 5.66. The average molecular weight is 282 g/mol. The lowest BCUT2D eigenvalue weighted by Crippen LogP contribution is -2.08. The van der Waals surface area contributed by atoms with Crippen LogP contribution in [0, 0.1) is 0 Å². The van der Waals surface area contributed by atoms with Gasteiger partial charge >= 0.3 is 6.18 Å². The van der Waals surface area contributed by atoms with Gasteiger partial charge in [0.1, 0.15) is 0 Å². The van der Waals surface area contributed by atoms with E-state index < -0.39 is 11.7 Å². The Bertz CT molecular complexity index is 643. The molecule has 0 bridgehead atoms. The minimum atomic E-state index is -4.51. The Labute approximate surface area is 112 Å². The highest BCUT2D eigenvalue weighted by Gasteiger charge is 2.34. The zero-order chi connectivity index (χ0) is 14.8. The molecule has 2 aromatic rings. The Hall–Kier alpha value is -2.51. The molecule has 20 heavy (non-hydrogen) atoms. The molecule has 0 saturated carbocycles. The smallest absolute Gasteiger partial charge is 0.417 e.